The number of para-hydroxylation sites is 2. The number of aromatic nitrogens is 3. The van der Waals surface area contributed by atoms with Gasteiger partial charge >= 0.3 is 0 Å². The van der Waals surface area contributed by atoms with Gasteiger partial charge in [0.1, 0.15) is 5.75 Å². The fourth-order valence-electron chi connectivity index (χ4n) is 3.48. The molecule has 0 bridgehead atoms. The number of rotatable bonds is 6. The Labute approximate surface area is 173 Å². The summed E-state index contributed by atoms with van der Waals surface area (Å²) >= 11 is 0. The van der Waals surface area contributed by atoms with Crippen LogP contribution in [0.25, 0.3) is 5.65 Å². The minimum Gasteiger partial charge on any atom is -0.495 e. The molecule has 0 unspecified atom stereocenters. The van der Waals surface area contributed by atoms with Crippen molar-refractivity contribution in [2.75, 3.05) is 17.3 Å². The number of ether oxygens (including phenoxy) is 1. The lowest BCUT2D eigenvalue weighted by atomic mass is 10.2. The van der Waals surface area contributed by atoms with Gasteiger partial charge in [0.15, 0.2) is 5.65 Å². The highest BCUT2D eigenvalue weighted by Crippen LogP contribution is 2.33. The minimum atomic E-state index is 0.00457. The number of pyridine rings is 1. The third-order valence-electron chi connectivity index (χ3n) is 5.10. The molecule has 5 rings (SSSR count). The van der Waals surface area contributed by atoms with Crippen LogP contribution in [0.2, 0.25) is 0 Å². The molecule has 150 valence electrons. The van der Waals surface area contributed by atoms with Crippen molar-refractivity contribution in [3.63, 3.8) is 0 Å². The smallest absolute Gasteiger partial charge is 0.258 e. The van der Waals surface area contributed by atoms with E-state index in [4.69, 9.17) is 4.74 Å². The molecular weight excluding hydrogens is 378 g/mol. The van der Waals surface area contributed by atoms with E-state index in [1.165, 1.54) is 0 Å². The maximum Gasteiger partial charge on any atom is 0.258 e. The lowest BCUT2D eigenvalue weighted by Gasteiger charge is -2.22. The predicted molar refractivity (Wildman–Crippen MR) is 116 cm³/mol. The molecule has 0 radical (unpaired) electrons. The predicted octanol–water partition coefficient (Wildman–Crippen LogP) is 4.29. The molecule has 7 heteroatoms. The Morgan fingerprint density at radius 1 is 1.07 bits per heavy atom. The number of fused-ring (bicyclic) bond motifs is 1. The first-order valence-corrected chi connectivity index (χ1v) is 9.88. The fraction of sp³-hybridized carbons (Fsp3) is 0.174. The maximum atomic E-state index is 13.1. The molecule has 1 aliphatic carbocycles. The van der Waals surface area contributed by atoms with E-state index in [9.17, 15) is 4.79 Å². The van der Waals surface area contributed by atoms with E-state index in [1.54, 1.807) is 11.6 Å². The third kappa shape index (κ3) is 3.45. The second kappa shape index (κ2) is 7.51. The van der Waals surface area contributed by atoms with Gasteiger partial charge in [-0.1, -0.05) is 30.3 Å². The standard InChI is InChI=1S/C23H21N5O2/c1-30-20-10-6-5-9-19(20)24-23-25-21-14-13-18(15-27(21)26-23)28(17-11-12-17)22(29)16-7-3-2-4-8-16/h2-10,13-15,17H,11-12H2,1H3,(H,24,26). The van der Waals surface area contributed by atoms with Gasteiger partial charge in [0.2, 0.25) is 5.95 Å². The molecule has 2 heterocycles. The van der Waals surface area contributed by atoms with Gasteiger partial charge in [0.25, 0.3) is 5.91 Å². The summed E-state index contributed by atoms with van der Waals surface area (Å²) in [5.41, 5.74) is 2.98. The fourth-order valence-corrected chi connectivity index (χ4v) is 3.48. The second-order valence-corrected chi connectivity index (χ2v) is 7.22. The van der Waals surface area contributed by atoms with E-state index in [2.05, 4.69) is 15.4 Å². The summed E-state index contributed by atoms with van der Waals surface area (Å²) in [6.07, 6.45) is 3.87. The van der Waals surface area contributed by atoms with Crippen molar-refractivity contribution in [3.8, 4) is 5.75 Å². The van der Waals surface area contributed by atoms with Crippen LogP contribution < -0.4 is 15.0 Å². The largest absolute Gasteiger partial charge is 0.495 e. The Hall–Kier alpha value is -3.87. The molecule has 2 aromatic carbocycles. The number of nitrogens with zero attached hydrogens (tertiary/aromatic N) is 4. The van der Waals surface area contributed by atoms with Gasteiger partial charge < -0.3 is 15.0 Å². The van der Waals surface area contributed by atoms with Gasteiger partial charge in [-0.2, -0.15) is 4.98 Å². The Bertz CT molecular complexity index is 1200. The van der Waals surface area contributed by atoms with Crippen LogP contribution >= 0.6 is 0 Å². The zero-order valence-electron chi connectivity index (χ0n) is 16.5. The number of amides is 1. The quantitative estimate of drug-likeness (QED) is 0.524. The van der Waals surface area contributed by atoms with Gasteiger partial charge in [-0.15, -0.1) is 5.10 Å². The van der Waals surface area contributed by atoms with Crippen molar-refractivity contribution in [1.82, 2.24) is 14.6 Å². The molecular formula is C23H21N5O2. The molecule has 0 atom stereocenters. The molecule has 4 aromatic rings. The number of methoxy groups -OCH3 is 1. The van der Waals surface area contributed by atoms with E-state index < -0.39 is 0 Å². The lowest BCUT2D eigenvalue weighted by molar-refractivity contribution is 0.0985. The van der Waals surface area contributed by atoms with Crippen LogP contribution in [-0.2, 0) is 0 Å². The van der Waals surface area contributed by atoms with Crippen LogP contribution in [0.15, 0.2) is 72.9 Å². The third-order valence-corrected chi connectivity index (χ3v) is 5.10. The number of nitrogens with one attached hydrogen (secondary N) is 1. The van der Waals surface area contributed by atoms with Gasteiger partial charge in [-0.05, 0) is 49.2 Å². The van der Waals surface area contributed by atoms with Crippen molar-refractivity contribution in [2.45, 2.75) is 18.9 Å². The molecule has 0 saturated heterocycles. The Morgan fingerprint density at radius 3 is 2.60 bits per heavy atom. The molecule has 1 N–H and O–H groups in total. The SMILES string of the molecule is COc1ccccc1Nc1nc2ccc(N(C(=O)c3ccccc3)C3CC3)cn2n1. The first kappa shape index (κ1) is 18.2. The molecule has 0 aliphatic heterocycles. The molecule has 7 nitrogen and oxygen atoms in total. The van der Waals surface area contributed by atoms with E-state index in [0.29, 0.717) is 22.9 Å². The second-order valence-electron chi connectivity index (χ2n) is 7.22. The van der Waals surface area contributed by atoms with Gasteiger partial charge in [0, 0.05) is 11.6 Å². The summed E-state index contributed by atoms with van der Waals surface area (Å²) in [7, 11) is 1.63. The first-order chi connectivity index (χ1) is 14.7. The van der Waals surface area contributed by atoms with Crippen molar-refractivity contribution in [3.05, 3.63) is 78.5 Å². The van der Waals surface area contributed by atoms with Gasteiger partial charge in [-0.25, -0.2) is 4.52 Å². The monoisotopic (exact) mass is 399 g/mol. The highest BCUT2D eigenvalue weighted by atomic mass is 16.5. The summed E-state index contributed by atoms with van der Waals surface area (Å²) in [6.45, 7) is 0. The van der Waals surface area contributed by atoms with Crippen molar-refractivity contribution in [1.29, 1.82) is 0 Å². The number of benzene rings is 2. The van der Waals surface area contributed by atoms with Crippen LogP contribution in [0.1, 0.15) is 23.2 Å². The van der Waals surface area contributed by atoms with Crippen LogP contribution in [0.5, 0.6) is 5.75 Å². The summed E-state index contributed by atoms with van der Waals surface area (Å²) < 4.78 is 7.07. The number of anilines is 3. The summed E-state index contributed by atoms with van der Waals surface area (Å²) in [6, 6.07) is 21.0. The highest BCUT2D eigenvalue weighted by Gasteiger charge is 2.34. The van der Waals surface area contributed by atoms with Crippen LogP contribution in [0.4, 0.5) is 17.3 Å². The highest BCUT2D eigenvalue weighted by molar-refractivity contribution is 6.06. The molecule has 0 spiro atoms. The van der Waals surface area contributed by atoms with E-state index in [-0.39, 0.29) is 11.9 Å². The Morgan fingerprint density at radius 2 is 1.83 bits per heavy atom. The lowest BCUT2D eigenvalue weighted by Crippen LogP contribution is -2.33. The van der Waals surface area contributed by atoms with Gasteiger partial charge in [-0.3, -0.25) is 4.79 Å². The summed E-state index contributed by atoms with van der Waals surface area (Å²) in [5.74, 6) is 1.18. The summed E-state index contributed by atoms with van der Waals surface area (Å²) in [4.78, 5) is 19.5. The molecule has 1 aliphatic rings. The number of carbonyl (C=O) groups excluding carboxylic acids is 1. The Balaban J connectivity index is 1.46. The van der Waals surface area contributed by atoms with Crippen LogP contribution in [0, 0.1) is 0 Å². The Kier molecular flexibility index (Phi) is 4.55. The number of hydrogen-bond donors (Lipinski definition) is 1. The molecule has 1 saturated carbocycles. The van der Waals surface area contributed by atoms with E-state index >= 15 is 0 Å². The zero-order chi connectivity index (χ0) is 20.5. The van der Waals surface area contributed by atoms with Crippen LogP contribution in [0.3, 0.4) is 0 Å². The first-order valence-electron chi connectivity index (χ1n) is 9.88. The zero-order valence-corrected chi connectivity index (χ0v) is 16.5. The molecule has 2 aromatic heterocycles. The molecule has 1 fully saturated rings. The van der Waals surface area contributed by atoms with Crippen molar-refractivity contribution < 1.29 is 9.53 Å². The normalized spacial score (nSPS) is 13.2. The number of carbonyl (C=O) groups is 1. The van der Waals surface area contributed by atoms with Crippen molar-refractivity contribution >= 4 is 28.9 Å². The average molecular weight is 399 g/mol. The van der Waals surface area contributed by atoms with Gasteiger partial charge in [0.05, 0.1) is 24.7 Å². The van der Waals surface area contributed by atoms with Crippen LogP contribution in [-0.4, -0.2) is 33.7 Å². The average Bonchev–Trinajstić information content (AvgIpc) is 3.53. The maximum absolute atomic E-state index is 13.1. The summed E-state index contributed by atoms with van der Waals surface area (Å²) in [5, 5.41) is 7.74. The number of hydrogen-bond acceptors (Lipinski definition) is 5. The molecule has 30 heavy (non-hydrogen) atoms. The topological polar surface area (TPSA) is 71.8 Å². The van der Waals surface area contributed by atoms with E-state index in [0.717, 1.165) is 24.2 Å². The van der Waals surface area contributed by atoms with E-state index in [1.807, 2.05) is 77.8 Å². The van der Waals surface area contributed by atoms with Crippen molar-refractivity contribution in [2.24, 2.45) is 0 Å². The minimum absolute atomic E-state index is 0.00457. The molecule has 1 amide bonds.